The Morgan fingerprint density at radius 1 is 1.16 bits per heavy atom. The third-order valence-electron chi connectivity index (χ3n) is 6.80. The average Bonchev–Trinajstić information content (AvgIpc) is 2.93. The molecule has 0 aliphatic carbocycles. The number of halogens is 3. The van der Waals surface area contributed by atoms with Crippen LogP contribution in [0.2, 0.25) is 5.15 Å². The minimum absolute atomic E-state index is 0.0998. The number of pyridine rings is 1. The molecular weight excluding hydrogens is 602 g/mol. The molecule has 14 heteroatoms. The second-order valence-electron chi connectivity index (χ2n) is 11.1. The molecule has 1 N–H and O–H groups in total. The number of nitrogens with one attached hydrogen (secondary N) is 1. The number of hydrogen-bond donors (Lipinski definition) is 1. The molecule has 1 fully saturated rings. The summed E-state index contributed by atoms with van der Waals surface area (Å²) in [6.07, 6.45) is 4.31. The molecule has 1 aliphatic heterocycles. The van der Waals surface area contributed by atoms with Crippen molar-refractivity contribution >= 4 is 44.6 Å². The van der Waals surface area contributed by atoms with Gasteiger partial charge in [0.1, 0.15) is 34.6 Å². The van der Waals surface area contributed by atoms with E-state index >= 15 is 0 Å². The average molecular weight is 635 g/mol. The molecule has 43 heavy (non-hydrogen) atoms. The predicted molar refractivity (Wildman–Crippen MR) is 159 cm³/mol. The minimum atomic E-state index is -4.46. The number of piperidine rings is 1. The van der Waals surface area contributed by atoms with Gasteiger partial charge in [-0.25, -0.2) is 32.2 Å². The first kappa shape index (κ1) is 32.2. The number of anilines is 1. The number of aromatic nitrogens is 3. The first-order valence-electron chi connectivity index (χ1n) is 13.7. The van der Waals surface area contributed by atoms with Crippen LogP contribution in [0.5, 0.6) is 5.88 Å². The van der Waals surface area contributed by atoms with Gasteiger partial charge < -0.3 is 9.64 Å². The molecule has 0 saturated carbocycles. The van der Waals surface area contributed by atoms with Crippen molar-refractivity contribution in [2.75, 3.05) is 17.8 Å². The lowest BCUT2D eigenvalue weighted by Gasteiger charge is -2.35. The topological polar surface area (TPSA) is 127 Å². The molecule has 0 radical (unpaired) electrons. The Labute approximate surface area is 254 Å². The first-order valence-corrected chi connectivity index (χ1v) is 15.5. The number of carbonyl (C=O) groups is 1. The van der Waals surface area contributed by atoms with Gasteiger partial charge in [0, 0.05) is 54.9 Å². The monoisotopic (exact) mass is 634 g/mol. The van der Waals surface area contributed by atoms with Crippen LogP contribution in [0, 0.1) is 24.0 Å². The van der Waals surface area contributed by atoms with E-state index in [0.29, 0.717) is 61.1 Å². The van der Waals surface area contributed by atoms with Crippen molar-refractivity contribution in [1.82, 2.24) is 19.9 Å². The van der Waals surface area contributed by atoms with Gasteiger partial charge in [0.2, 0.25) is 11.8 Å². The molecule has 1 aliphatic rings. The Morgan fingerprint density at radius 2 is 1.86 bits per heavy atom. The number of amides is 1. The van der Waals surface area contributed by atoms with Crippen LogP contribution in [-0.4, -0.2) is 59.1 Å². The summed E-state index contributed by atoms with van der Waals surface area (Å²) in [6, 6.07) is 3.57. The Bertz CT molecular complexity index is 1660. The van der Waals surface area contributed by atoms with Crippen LogP contribution in [0.15, 0.2) is 46.7 Å². The van der Waals surface area contributed by atoms with Crippen LogP contribution in [0.1, 0.15) is 58.2 Å². The van der Waals surface area contributed by atoms with E-state index in [0.717, 1.165) is 12.1 Å². The van der Waals surface area contributed by atoms with E-state index in [4.69, 9.17) is 21.3 Å². The van der Waals surface area contributed by atoms with E-state index in [9.17, 15) is 22.0 Å². The van der Waals surface area contributed by atoms with Crippen molar-refractivity contribution in [2.45, 2.75) is 64.9 Å². The number of nitrogens with zero attached hydrogens (tertiary/aromatic N) is 5. The van der Waals surface area contributed by atoms with Crippen molar-refractivity contribution in [3.05, 3.63) is 64.8 Å². The normalized spacial score (nSPS) is 15.0. The number of ether oxygens (including phenoxy) is 1. The highest BCUT2D eigenvalue weighted by Crippen LogP contribution is 2.32. The number of sulfonamides is 1. The lowest BCUT2D eigenvalue weighted by molar-refractivity contribution is -0.141. The molecule has 4 rings (SSSR count). The van der Waals surface area contributed by atoms with E-state index in [-0.39, 0.29) is 28.7 Å². The number of likely N-dealkylation sites (tertiary alicyclic amines) is 1. The number of rotatable bonds is 8. The van der Waals surface area contributed by atoms with Crippen molar-refractivity contribution in [2.24, 2.45) is 10.4 Å². The van der Waals surface area contributed by atoms with Gasteiger partial charge in [0.05, 0.1) is 11.4 Å². The molecule has 0 unspecified atom stereocenters. The third-order valence-corrected chi connectivity index (χ3v) is 8.50. The largest absolute Gasteiger partial charge is 0.473 e. The summed E-state index contributed by atoms with van der Waals surface area (Å²) >= 11 is 6.18. The molecule has 1 saturated heterocycles. The molecule has 0 spiro atoms. The van der Waals surface area contributed by atoms with Gasteiger partial charge in [-0.05, 0) is 31.5 Å². The standard InChI is InChI=1S/C29H33ClF2N6O4S/c1-6-22(18-13-23(26(30)33-15-18)37-43(40,41)24-8-7-19(31)14-21(24)32)36-25-17(2)34-16-35-27(25)42-20-9-11-38(12-10-20)28(39)29(3,4)5/h7-8,13-16,20,37H,6,9-12H2,1-5H3. The van der Waals surface area contributed by atoms with Crippen LogP contribution >= 0.6 is 11.6 Å². The number of benzene rings is 1. The SMILES string of the molecule is CCC(=Nc1c(C)ncnc1OC1CCN(C(=O)C(C)(C)C)CC1)c1cnc(Cl)c(NS(=O)(=O)c2ccc(F)cc2F)c1. The van der Waals surface area contributed by atoms with E-state index in [1.54, 1.807) is 6.92 Å². The molecule has 3 heterocycles. The fraction of sp³-hybridized carbons (Fsp3) is 0.414. The summed E-state index contributed by atoms with van der Waals surface area (Å²) in [6.45, 7) is 10.5. The maximum atomic E-state index is 14.2. The van der Waals surface area contributed by atoms with Crippen molar-refractivity contribution < 1.29 is 26.7 Å². The van der Waals surface area contributed by atoms with E-state index in [2.05, 4.69) is 19.7 Å². The van der Waals surface area contributed by atoms with Gasteiger partial charge in [0.15, 0.2) is 5.15 Å². The molecule has 0 atom stereocenters. The fourth-order valence-corrected chi connectivity index (χ4v) is 5.85. The summed E-state index contributed by atoms with van der Waals surface area (Å²) in [5.41, 5.74) is 1.34. The van der Waals surface area contributed by atoms with E-state index in [1.807, 2.05) is 32.6 Å². The summed E-state index contributed by atoms with van der Waals surface area (Å²) in [5, 5.41) is -0.176. The van der Waals surface area contributed by atoms with E-state index < -0.39 is 32.0 Å². The Kier molecular flexibility index (Phi) is 9.65. The molecule has 230 valence electrons. The molecule has 1 aromatic carbocycles. The van der Waals surface area contributed by atoms with Crippen LogP contribution in [0.25, 0.3) is 0 Å². The zero-order valence-electron chi connectivity index (χ0n) is 24.5. The highest BCUT2D eigenvalue weighted by Gasteiger charge is 2.31. The zero-order chi connectivity index (χ0) is 31.5. The lowest BCUT2D eigenvalue weighted by Crippen LogP contribution is -2.46. The molecule has 0 bridgehead atoms. The highest BCUT2D eigenvalue weighted by atomic mass is 35.5. The van der Waals surface area contributed by atoms with Crippen LogP contribution < -0.4 is 9.46 Å². The quantitative estimate of drug-likeness (QED) is 0.243. The van der Waals surface area contributed by atoms with Gasteiger partial charge in [-0.3, -0.25) is 9.52 Å². The van der Waals surface area contributed by atoms with Gasteiger partial charge in [-0.15, -0.1) is 0 Å². The van der Waals surface area contributed by atoms with Gasteiger partial charge in [-0.2, -0.15) is 4.98 Å². The number of aliphatic imine (C=N–C) groups is 1. The third kappa shape index (κ3) is 7.63. The van der Waals surface area contributed by atoms with Gasteiger partial charge in [-0.1, -0.05) is 39.3 Å². The maximum absolute atomic E-state index is 14.2. The maximum Gasteiger partial charge on any atom is 0.264 e. The summed E-state index contributed by atoms with van der Waals surface area (Å²) < 4.78 is 61.8. The second kappa shape index (κ2) is 12.9. The van der Waals surface area contributed by atoms with E-state index in [1.165, 1.54) is 18.6 Å². The van der Waals surface area contributed by atoms with Crippen molar-refractivity contribution in [3.8, 4) is 5.88 Å². The Balaban J connectivity index is 1.59. The molecule has 3 aromatic rings. The Morgan fingerprint density at radius 3 is 2.49 bits per heavy atom. The van der Waals surface area contributed by atoms with Gasteiger partial charge >= 0.3 is 0 Å². The molecule has 10 nitrogen and oxygen atoms in total. The minimum Gasteiger partial charge on any atom is -0.473 e. The smallest absolute Gasteiger partial charge is 0.264 e. The number of carbonyl (C=O) groups excluding carboxylic acids is 1. The summed E-state index contributed by atoms with van der Waals surface area (Å²) in [5.74, 6) is -1.77. The Hall–Kier alpha value is -3.71. The fourth-order valence-electron chi connectivity index (χ4n) is 4.52. The molecular formula is C29H33ClF2N6O4S. The van der Waals surface area contributed by atoms with Gasteiger partial charge in [0.25, 0.3) is 10.0 Å². The lowest BCUT2D eigenvalue weighted by atomic mass is 9.93. The van der Waals surface area contributed by atoms with Crippen LogP contribution in [0.4, 0.5) is 20.2 Å². The highest BCUT2D eigenvalue weighted by molar-refractivity contribution is 7.92. The number of hydrogen-bond acceptors (Lipinski definition) is 8. The van der Waals surface area contributed by atoms with Crippen molar-refractivity contribution in [1.29, 1.82) is 0 Å². The molecule has 2 aromatic heterocycles. The molecule has 1 amide bonds. The second-order valence-corrected chi connectivity index (χ2v) is 13.1. The summed E-state index contributed by atoms with van der Waals surface area (Å²) in [4.78, 5) is 31.2. The predicted octanol–water partition coefficient (Wildman–Crippen LogP) is 5.86. The van der Waals surface area contributed by atoms with Crippen LogP contribution in [0.3, 0.4) is 0 Å². The number of aryl methyl sites for hydroxylation is 1. The zero-order valence-corrected chi connectivity index (χ0v) is 26.1. The summed E-state index contributed by atoms with van der Waals surface area (Å²) in [7, 11) is -4.46. The first-order chi connectivity index (χ1) is 20.2. The van der Waals surface area contributed by atoms with Crippen molar-refractivity contribution in [3.63, 3.8) is 0 Å². The van der Waals surface area contributed by atoms with Crippen LogP contribution in [-0.2, 0) is 14.8 Å².